The second-order valence-corrected chi connectivity index (χ2v) is 17.5. The molecule has 2 aliphatic carbocycles. The highest BCUT2D eigenvalue weighted by atomic mass is 15.1. The van der Waals surface area contributed by atoms with Crippen LogP contribution in [0.15, 0.2) is 182 Å². The van der Waals surface area contributed by atoms with Gasteiger partial charge in [-0.05, 0) is 125 Å². The van der Waals surface area contributed by atoms with Crippen LogP contribution in [0.25, 0.3) is 94.2 Å². The topological polar surface area (TPSA) is 17.8 Å². The molecule has 59 heavy (non-hydrogen) atoms. The van der Waals surface area contributed by atoms with Crippen LogP contribution >= 0.6 is 0 Å². The fraction of sp³-hybridized carbons (Fsp3) is 0.105. The van der Waals surface area contributed by atoms with Crippen LogP contribution in [0.2, 0.25) is 0 Å². The fourth-order valence-corrected chi connectivity index (χ4v) is 10.8. The summed E-state index contributed by atoms with van der Waals surface area (Å²) in [4.78, 5) is 5.49. The van der Waals surface area contributed by atoms with E-state index in [2.05, 4.69) is 214 Å². The molecule has 2 nitrogen and oxygen atoms in total. The van der Waals surface area contributed by atoms with Crippen LogP contribution in [0.5, 0.6) is 0 Å². The lowest BCUT2D eigenvalue weighted by Crippen LogP contribution is -2.14. The summed E-state index contributed by atoms with van der Waals surface area (Å²) >= 11 is 0. The first-order valence-electron chi connectivity index (χ1n) is 20.8. The molecule has 0 saturated heterocycles. The summed E-state index contributed by atoms with van der Waals surface area (Å²) in [6, 6.07) is 67.5. The van der Waals surface area contributed by atoms with Crippen molar-refractivity contribution in [2.75, 3.05) is 0 Å². The van der Waals surface area contributed by atoms with Crippen LogP contribution in [-0.4, -0.2) is 9.55 Å². The Morgan fingerprint density at radius 1 is 0.373 bits per heavy atom. The monoisotopic (exact) mass is 754 g/mol. The molecule has 0 N–H and O–H groups in total. The number of nitrogens with zero attached hydrogens (tertiary/aromatic N) is 2. The van der Waals surface area contributed by atoms with E-state index in [1.54, 1.807) is 0 Å². The van der Waals surface area contributed by atoms with Gasteiger partial charge in [-0.15, -0.1) is 0 Å². The average Bonchev–Trinajstić information content (AvgIpc) is 3.85. The molecule has 0 fully saturated rings. The molecule has 2 aliphatic rings. The van der Waals surface area contributed by atoms with E-state index in [1.807, 2.05) is 0 Å². The van der Waals surface area contributed by atoms with E-state index in [-0.39, 0.29) is 10.8 Å². The van der Waals surface area contributed by atoms with Crippen molar-refractivity contribution in [3.8, 4) is 61.6 Å². The summed E-state index contributed by atoms with van der Waals surface area (Å²) in [6.45, 7) is 9.49. The van der Waals surface area contributed by atoms with Gasteiger partial charge in [0.2, 0.25) is 0 Å². The number of rotatable bonds is 4. The van der Waals surface area contributed by atoms with Crippen molar-refractivity contribution in [3.63, 3.8) is 0 Å². The standard InChI is InChI=1S/C57H42N2/c1-56(2)47-25-13-11-22-43(47)53-44(23-16-26-48(53)56)52-40-20-8-9-21-41(40)54(55-58-50-27-14-15-28-51(50)59(55)37-17-6-5-7-18-37)42-32-30-35(33-45(42)52)36-29-31-39-38-19-10-12-24-46(38)57(3,4)49(39)34-36/h5-34H,1-4H3. The first-order valence-corrected chi connectivity index (χ1v) is 20.8. The maximum Gasteiger partial charge on any atom is 0.146 e. The third-order valence-electron chi connectivity index (χ3n) is 13.6. The Hall–Kier alpha value is -7.03. The smallest absolute Gasteiger partial charge is 0.146 e. The predicted molar refractivity (Wildman–Crippen MR) is 248 cm³/mol. The third-order valence-corrected chi connectivity index (χ3v) is 13.6. The number of imidazole rings is 1. The second kappa shape index (κ2) is 12.2. The highest BCUT2D eigenvalue weighted by molar-refractivity contribution is 6.23. The molecule has 0 saturated carbocycles. The molecule has 12 rings (SSSR count). The van der Waals surface area contributed by atoms with Crippen LogP contribution in [0.1, 0.15) is 49.9 Å². The molecule has 1 aromatic heterocycles. The molecule has 0 unspecified atom stereocenters. The second-order valence-electron chi connectivity index (χ2n) is 17.5. The summed E-state index contributed by atoms with van der Waals surface area (Å²) in [5.41, 5.74) is 20.0. The summed E-state index contributed by atoms with van der Waals surface area (Å²) in [7, 11) is 0. The Bertz CT molecular complexity index is 3380. The van der Waals surface area contributed by atoms with Gasteiger partial charge in [-0.3, -0.25) is 4.57 Å². The van der Waals surface area contributed by atoms with E-state index >= 15 is 0 Å². The third kappa shape index (κ3) is 4.72. The number of hydrogen-bond donors (Lipinski definition) is 0. The molecule has 0 radical (unpaired) electrons. The molecule has 1 heterocycles. The molecule has 0 atom stereocenters. The van der Waals surface area contributed by atoms with E-state index < -0.39 is 0 Å². The number of para-hydroxylation sites is 3. The minimum Gasteiger partial charge on any atom is -0.292 e. The minimum atomic E-state index is -0.117. The summed E-state index contributed by atoms with van der Waals surface area (Å²) in [5.74, 6) is 0.944. The SMILES string of the molecule is CC1(C)c2ccccc2-c2ccc(-c3ccc4c(-c5nc6ccccc6n5-c5ccccc5)c5ccccc5c(-c5cccc6c5-c5ccccc5C6(C)C)c4c3)cc21. The van der Waals surface area contributed by atoms with Crippen molar-refractivity contribution in [2.24, 2.45) is 0 Å². The summed E-state index contributed by atoms with van der Waals surface area (Å²) < 4.78 is 2.35. The number of fused-ring (bicyclic) bond motifs is 9. The van der Waals surface area contributed by atoms with Gasteiger partial charge in [0.15, 0.2) is 0 Å². The Balaban J connectivity index is 1.20. The van der Waals surface area contributed by atoms with Gasteiger partial charge in [-0.1, -0.05) is 173 Å². The molecule has 0 aliphatic heterocycles. The summed E-state index contributed by atoms with van der Waals surface area (Å²) in [5, 5.41) is 4.82. The molecule has 0 amide bonds. The number of benzene rings is 9. The van der Waals surface area contributed by atoms with E-state index in [9.17, 15) is 0 Å². The first-order chi connectivity index (χ1) is 28.8. The van der Waals surface area contributed by atoms with Crippen molar-refractivity contribution in [1.82, 2.24) is 9.55 Å². The maximum atomic E-state index is 5.49. The van der Waals surface area contributed by atoms with Gasteiger partial charge < -0.3 is 0 Å². The first kappa shape index (κ1) is 34.0. The van der Waals surface area contributed by atoms with Gasteiger partial charge in [0.1, 0.15) is 5.82 Å². The van der Waals surface area contributed by atoms with Crippen molar-refractivity contribution < 1.29 is 0 Å². The lowest BCUT2D eigenvalue weighted by molar-refractivity contribution is 0.660. The van der Waals surface area contributed by atoms with Gasteiger partial charge in [0, 0.05) is 22.1 Å². The Morgan fingerprint density at radius 3 is 1.75 bits per heavy atom. The fourth-order valence-electron chi connectivity index (χ4n) is 10.8. The predicted octanol–water partition coefficient (Wildman–Crippen LogP) is 14.9. The molecular formula is C57H42N2. The lowest BCUT2D eigenvalue weighted by Gasteiger charge is -2.23. The zero-order valence-electron chi connectivity index (χ0n) is 33.7. The Labute approximate surface area is 345 Å². The molecule has 9 aromatic carbocycles. The van der Waals surface area contributed by atoms with Gasteiger partial charge in [0.25, 0.3) is 0 Å². The highest BCUT2D eigenvalue weighted by Crippen LogP contribution is 2.55. The van der Waals surface area contributed by atoms with Gasteiger partial charge >= 0.3 is 0 Å². The van der Waals surface area contributed by atoms with E-state index in [0.717, 1.165) is 28.1 Å². The molecule has 280 valence electrons. The highest BCUT2D eigenvalue weighted by Gasteiger charge is 2.38. The normalized spacial score (nSPS) is 14.4. The van der Waals surface area contributed by atoms with Crippen molar-refractivity contribution >= 4 is 32.6 Å². The number of aromatic nitrogens is 2. The van der Waals surface area contributed by atoms with Gasteiger partial charge in [-0.25, -0.2) is 4.98 Å². The molecule has 10 aromatic rings. The zero-order valence-corrected chi connectivity index (χ0v) is 33.7. The van der Waals surface area contributed by atoms with Crippen molar-refractivity contribution in [2.45, 2.75) is 38.5 Å². The molecule has 0 spiro atoms. The van der Waals surface area contributed by atoms with Gasteiger partial charge in [0.05, 0.1) is 11.0 Å². The zero-order chi connectivity index (χ0) is 39.6. The average molecular weight is 755 g/mol. The van der Waals surface area contributed by atoms with Crippen molar-refractivity contribution in [1.29, 1.82) is 0 Å². The van der Waals surface area contributed by atoms with Crippen LogP contribution < -0.4 is 0 Å². The quantitative estimate of drug-likeness (QED) is 0.164. The van der Waals surface area contributed by atoms with Crippen LogP contribution in [0.3, 0.4) is 0 Å². The van der Waals surface area contributed by atoms with E-state index in [1.165, 1.54) is 88.3 Å². The Kier molecular flexibility index (Phi) is 7.06. The van der Waals surface area contributed by atoms with Crippen LogP contribution in [-0.2, 0) is 10.8 Å². The van der Waals surface area contributed by atoms with E-state index in [0.29, 0.717) is 0 Å². The van der Waals surface area contributed by atoms with E-state index in [4.69, 9.17) is 4.98 Å². The van der Waals surface area contributed by atoms with Gasteiger partial charge in [-0.2, -0.15) is 0 Å². The van der Waals surface area contributed by atoms with Crippen LogP contribution in [0, 0.1) is 0 Å². The molecular weight excluding hydrogens is 713 g/mol. The Morgan fingerprint density at radius 2 is 0.932 bits per heavy atom. The molecule has 0 bridgehead atoms. The number of hydrogen-bond acceptors (Lipinski definition) is 1. The van der Waals surface area contributed by atoms with Crippen LogP contribution in [0.4, 0.5) is 0 Å². The molecule has 2 heteroatoms. The lowest BCUT2D eigenvalue weighted by atomic mass is 9.80. The largest absolute Gasteiger partial charge is 0.292 e. The minimum absolute atomic E-state index is 0.0887. The van der Waals surface area contributed by atoms with Crippen molar-refractivity contribution in [3.05, 3.63) is 204 Å². The summed E-state index contributed by atoms with van der Waals surface area (Å²) in [6.07, 6.45) is 0. The maximum absolute atomic E-state index is 5.49.